The zero-order valence-corrected chi connectivity index (χ0v) is 10.7. The molecule has 0 unspecified atom stereocenters. The minimum absolute atomic E-state index is 0.345. The molecule has 1 aromatic carbocycles. The van der Waals surface area contributed by atoms with Gasteiger partial charge in [0.2, 0.25) is 0 Å². The van der Waals surface area contributed by atoms with E-state index in [1.807, 2.05) is 22.6 Å². The van der Waals surface area contributed by atoms with Gasteiger partial charge in [-0.1, -0.05) is 17.4 Å². The first-order valence-corrected chi connectivity index (χ1v) is 5.94. The molecule has 0 radical (unpaired) electrons. The average molecular weight is 336 g/mol. The molecular formula is C9H6FIN2OS. The number of aromatic nitrogens is 2. The van der Waals surface area contributed by atoms with Crippen LogP contribution in [0.3, 0.4) is 0 Å². The number of benzene rings is 1. The van der Waals surface area contributed by atoms with Gasteiger partial charge >= 0.3 is 0 Å². The molecule has 0 aliphatic heterocycles. The fourth-order valence-electron chi connectivity index (χ4n) is 1.19. The summed E-state index contributed by atoms with van der Waals surface area (Å²) in [6.07, 6.45) is 0. The fourth-order valence-corrected chi connectivity index (χ4v) is 2.54. The second-order valence-electron chi connectivity index (χ2n) is 2.68. The van der Waals surface area contributed by atoms with E-state index in [1.165, 1.54) is 24.5 Å². The molecule has 0 amide bonds. The van der Waals surface area contributed by atoms with E-state index in [9.17, 15) is 4.39 Å². The lowest BCUT2D eigenvalue weighted by Gasteiger charge is -2.05. The zero-order chi connectivity index (χ0) is 10.8. The fraction of sp³-hybridized carbons (Fsp3) is 0.111. The summed E-state index contributed by atoms with van der Waals surface area (Å²) >= 11 is 3.37. The summed E-state index contributed by atoms with van der Waals surface area (Å²) < 4.78 is 19.4. The number of nitrogens with zero attached hydrogens (tertiary/aromatic N) is 2. The Balaban J connectivity index is 2.60. The highest BCUT2D eigenvalue weighted by atomic mass is 127. The van der Waals surface area contributed by atoms with Crippen LogP contribution in [0.2, 0.25) is 0 Å². The van der Waals surface area contributed by atoms with Crippen molar-refractivity contribution < 1.29 is 9.13 Å². The van der Waals surface area contributed by atoms with E-state index in [4.69, 9.17) is 4.74 Å². The summed E-state index contributed by atoms with van der Waals surface area (Å²) in [4.78, 5) is 0. The summed E-state index contributed by atoms with van der Waals surface area (Å²) in [6, 6.07) is 4.68. The number of hydrogen-bond acceptors (Lipinski definition) is 4. The van der Waals surface area contributed by atoms with Crippen molar-refractivity contribution in [3.8, 4) is 16.3 Å². The highest BCUT2D eigenvalue weighted by Gasteiger charge is 2.15. The molecule has 0 atom stereocenters. The van der Waals surface area contributed by atoms with Crippen molar-refractivity contribution in [2.45, 2.75) is 0 Å². The maximum Gasteiger partial charge on any atom is 0.178 e. The van der Waals surface area contributed by atoms with E-state index in [2.05, 4.69) is 10.2 Å². The molecule has 0 aliphatic carbocycles. The van der Waals surface area contributed by atoms with Crippen molar-refractivity contribution >= 4 is 33.9 Å². The second kappa shape index (κ2) is 4.40. The van der Waals surface area contributed by atoms with E-state index in [1.54, 1.807) is 12.1 Å². The molecule has 0 saturated carbocycles. The van der Waals surface area contributed by atoms with Crippen LogP contribution in [-0.4, -0.2) is 17.3 Å². The van der Waals surface area contributed by atoms with Gasteiger partial charge in [-0.2, -0.15) is 0 Å². The Bertz CT molecular complexity index is 489. The third kappa shape index (κ3) is 2.10. The smallest absolute Gasteiger partial charge is 0.178 e. The second-order valence-corrected chi connectivity index (χ2v) is 5.41. The van der Waals surface area contributed by atoms with Gasteiger partial charge in [0.05, 0.1) is 12.7 Å². The molecule has 0 saturated heterocycles. The predicted octanol–water partition coefficient (Wildman–Crippen LogP) is 2.96. The van der Waals surface area contributed by atoms with Gasteiger partial charge in [0.1, 0.15) is 11.6 Å². The number of ether oxygens (including phenoxy) is 1. The SMILES string of the molecule is COc1cccc(F)c1-c1nnc(I)s1. The maximum atomic E-state index is 13.6. The lowest BCUT2D eigenvalue weighted by Crippen LogP contribution is -1.90. The largest absolute Gasteiger partial charge is 0.496 e. The maximum absolute atomic E-state index is 13.6. The van der Waals surface area contributed by atoms with Gasteiger partial charge in [-0.3, -0.25) is 0 Å². The number of rotatable bonds is 2. The first-order valence-electron chi connectivity index (χ1n) is 4.04. The molecule has 0 N–H and O–H groups in total. The van der Waals surface area contributed by atoms with Gasteiger partial charge in [-0.05, 0) is 34.7 Å². The monoisotopic (exact) mass is 336 g/mol. The molecule has 2 rings (SSSR count). The van der Waals surface area contributed by atoms with E-state index in [-0.39, 0.29) is 5.82 Å². The lowest BCUT2D eigenvalue weighted by atomic mass is 10.2. The van der Waals surface area contributed by atoms with E-state index in [0.717, 1.165) is 3.01 Å². The lowest BCUT2D eigenvalue weighted by molar-refractivity contribution is 0.413. The van der Waals surface area contributed by atoms with Crippen molar-refractivity contribution in [3.05, 3.63) is 27.0 Å². The third-order valence-electron chi connectivity index (χ3n) is 1.81. The summed E-state index contributed by atoms with van der Waals surface area (Å²) in [7, 11) is 1.50. The topological polar surface area (TPSA) is 35.0 Å². The average Bonchev–Trinajstić information content (AvgIpc) is 2.64. The van der Waals surface area contributed by atoms with Crippen molar-refractivity contribution in [1.29, 1.82) is 0 Å². The summed E-state index contributed by atoms with van der Waals surface area (Å²) in [6.45, 7) is 0. The van der Waals surface area contributed by atoms with Gasteiger partial charge < -0.3 is 4.74 Å². The molecule has 0 spiro atoms. The Hall–Kier alpha value is -0.760. The number of hydrogen-bond donors (Lipinski definition) is 0. The molecule has 2 aromatic rings. The quantitative estimate of drug-likeness (QED) is 0.791. The molecule has 0 bridgehead atoms. The van der Waals surface area contributed by atoms with E-state index >= 15 is 0 Å². The molecule has 15 heavy (non-hydrogen) atoms. The summed E-state index contributed by atoms with van der Waals surface area (Å²) in [5, 5.41) is 8.28. The van der Waals surface area contributed by atoms with Crippen molar-refractivity contribution in [3.63, 3.8) is 0 Å². The Morgan fingerprint density at radius 1 is 1.40 bits per heavy atom. The normalized spacial score (nSPS) is 10.3. The van der Waals surface area contributed by atoms with E-state index < -0.39 is 0 Å². The predicted molar refractivity (Wildman–Crippen MR) is 64.6 cm³/mol. The van der Waals surface area contributed by atoms with Crippen LogP contribution in [0.25, 0.3) is 10.6 Å². The van der Waals surface area contributed by atoms with Gasteiger partial charge in [-0.25, -0.2) is 4.39 Å². The highest BCUT2D eigenvalue weighted by molar-refractivity contribution is 14.1. The van der Waals surface area contributed by atoms with Crippen LogP contribution in [-0.2, 0) is 0 Å². The van der Waals surface area contributed by atoms with Crippen LogP contribution in [0.1, 0.15) is 0 Å². The van der Waals surface area contributed by atoms with Gasteiger partial charge in [-0.15, -0.1) is 10.2 Å². The van der Waals surface area contributed by atoms with Crippen LogP contribution in [0.15, 0.2) is 18.2 Å². The first-order chi connectivity index (χ1) is 7.22. The minimum atomic E-state index is -0.345. The Kier molecular flexibility index (Phi) is 3.15. The molecule has 1 aromatic heterocycles. The minimum Gasteiger partial charge on any atom is -0.496 e. The van der Waals surface area contributed by atoms with Gasteiger partial charge in [0.15, 0.2) is 8.02 Å². The Labute approximate surface area is 103 Å². The molecule has 3 nitrogen and oxygen atoms in total. The van der Waals surface area contributed by atoms with Crippen molar-refractivity contribution in [1.82, 2.24) is 10.2 Å². The molecule has 78 valence electrons. The first kappa shape index (κ1) is 10.7. The van der Waals surface area contributed by atoms with Crippen molar-refractivity contribution in [2.24, 2.45) is 0 Å². The standard InChI is InChI=1S/C9H6FIN2OS/c1-14-6-4-2-3-5(10)7(6)8-12-13-9(11)15-8/h2-4H,1H3. The number of methoxy groups -OCH3 is 1. The van der Waals surface area contributed by atoms with Crippen LogP contribution in [0.5, 0.6) is 5.75 Å². The molecular weight excluding hydrogens is 330 g/mol. The zero-order valence-electron chi connectivity index (χ0n) is 7.70. The Morgan fingerprint density at radius 3 is 2.80 bits per heavy atom. The summed E-state index contributed by atoms with van der Waals surface area (Å²) in [5.41, 5.74) is 0.375. The summed E-state index contributed by atoms with van der Waals surface area (Å²) in [5.74, 6) is 0.129. The highest BCUT2D eigenvalue weighted by Crippen LogP contribution is 2.34. The van der Waals surface area contributed by atoms with Crippen LogP contribution in [0.4, 0.5) is 4.39 Å². The molecule has 0 fully saturated rings. The molecule has 1 heterocycles. The van der Waals surface area contributed by atoms with Gasteiger partial charge in [0.25, 0.3) is 0 Å². The third-order valence-corrected chi connectivity index (χ3v) is 3.42. The van der Waals surface area contributed by atoms with Crippen LogP contribution < -0.4 is 4.74 Å². The van der Waals surface area contributed by atoms with E-state index in [0.29, 0.717) is 16.3 Å². The van der Waals surface area contributed by atoms with Crippen molar-refractivity contribution in [2.75, 3.05) is 7.11 Å². The van der Waals surface area contributed by atoms with Gasteiger partial charge in [0, 0.05) is 0 Å². The molecule has 0 aliphatic rings. The molecule has 6 heteroatoms. The van der Waals surface area contributed by atoms with Crippen LogP contribution in [0, 0.1) is 8.83 Å². The Morgan fingerprint density at radius 2 is 2.20 bits per heavy atom. The van der Waals surface area contributed by atoms with Crippen LogP contribution >= 0.6 is 33.9 Å². The number of halogens is 2.